The van der Waals surface area contributed by atoms with Gasteiger partial charge in [-0.05, 0) is 147 Å². The van der Waals surface area contributed by atoms with E-state index in [1.54, 1.807) is 31.4 Å². The lowest BCUT2D eigenvalue weighted by atomic mass is 10.0. The highest BCUT2D eigenvalue weighted by atomic mass is 16.5. The molecule has 0 saturated heterocycles. The average molecular weight is 1930 g/mol. The van der Waals surface area contributed by atoms with Gasteiger partial charge in [0.05, 0.1) is 80.9 Å². The van der Waals surface area contributed by atoms with E-state index in [0.717, 1.165) is 138 Å². The number of carbonyl (C=O) groups is 10. The zero-order valence-electron chi connectivity index (χ0n) is 83.6. The van der Waals surface area contributed by atoms with Crippen LogP contribution in [0.15, 0.2) is 243 Å². The second-order valence-electron chi connectivity index (χ2n) is 36.1. The number of amides is 5. The monoisotopic (exact) mass is 1930 g/mol. The molecular weight excluding hydrogens is 1820 g/mol. The molecule has 20 rings (SSSR count). The van der Waals surface area contributed by atoms with Crippen LogP contribution in [0, 0.1) is 69.2 Å². The van der Waals surface area contributed by atoms with Crippen molar-refractivity contribution in [2.24, 2.45) is 0 Å². The fourth-order valence-electron chi connectivity index (χ4n) is 17.5. The molecule has 10 heterocycles. The van der Waals surface area contributed by atoms with E-state index < -0.39 is 17.9 Å². The Kier molecular flexibility index (Phi) is 30.7. The number of esters is 3. The first-order chi connectivity index (χ1) is 69.9. The van der Waals surface area contributed by atoms with E-state index in [9.17, 15) is 47.9 Å². The molecule has 0 aliphatic carbocycles. The summed E-state index contributed by atoms with van der Waals surface area (Å²) in [6.07, 6.45) is 4.31. The number of ketones is 2. The highest BCUT2D eigenvalue weighted by Gasteiger charge is 2.43. The van der Waals surface area contributed by atoms with E-state index in [1.165, 1.54) is 14.0 Å². The van der Waals surface area contributed by atoms with Gasteiger partial charge in [0, 0.05) is 69.0 Å². The molecule has 0 fully saturated rings. The summed E-state index contributed by atoms with van der Waals surface area (Å²) in [5.74, 6) is 2.02. The summed E-state index contributed by atoms with van der Waals surface area (Å²) in [6, 6.07) is 77.1. The number of ether oxygens (including phenoxy) is 3. The van der Waals surface area contributed by atoms with Gasteiger partial charge in [-0.2, -0.15) is 0 Å². The molecule has 0 atom stereocenters. The summed E-state index contributed by atoms with van der Waals surface area (Å²) in [4.78, 5) is 182. The quantitative estimate of drug-likeness (QED) is 0.0263. The zero-order valence-corrected chi connectivity index (χ0v) is 83.6. The second kappa shape index (κ2) is 44.2. The maximum atomic E-state index is 13.0. The van der Waals surface area contributed by atoms with Crippen molar-refractivity contribution in [3.05, 3.63) is 355 Å². The van der Waals surface area contributed by atoms with Crippen molar-refractivity contribution < 1.29 is 62.2 Å². The van der Waals surface area contributed by atoms with E-state index in [0.29, 0.717) is 110 Å². The molecule has 0 unspecified atom stereocenters. The number of Topliss-reactive ketones (excluding diaryl/α,β-unsaturated/α-hetero) is 2. The Morgan fingerprint density at radius 3 is 0.745 bits per heavy atom. The number of nitrogens with zero attached hydrogens (tertiary/aromatic N) is 15. The molecule has 0 spiro atoms. The number of aryl methyl sites for hydroxylation is 10. The maximum absolute atomic E-state index is 13.0. The lowest BCUT2D eigenvalue weighted by Crippen LogP contribution is -2.22. The topological polar surface area (TPSA) is 343 Å². The molecule has 5 amide bonds. The number of aromatic nitrogens is 10. The van der Waals surface area contributed by atoms with Gasteiger partial charge in [-0.15, -0.1) is 0 Å². The van der Waals surface area contributed by atoms with E-state index in [1.807, 2.05) is 319 Å². The molecule has 0 N–H and O–H groups in total. The number of unbranched alkanes of at least 4 members (excludes halogenated alkanes) is 2. The van der Waals surface area contributed by atoms with Crippen LogP contribution in [0.3, 0.4) is 0 Å². The van der Waals surface area contributed by atoms with Gasteiger partial charge in [-0.1, -0.05) is 267 Å². The molecule has 0 saturated carbocycles. The Balaban J connectivity index is 0.000000130. The van der Waals surface area contributed by atoms with Crippen LogP contribution in [0.5, 0.6) is 0 Å². The molecule has 0 radical (unpaired) electrons. The number of hydrogen-bond donors (Lipinski definition) is 0. The molecule has 0 bridgehead atoms. The minimum Gasteiger partial charge on any atom is -0.464 e. The van der Waals surface area contributed by atoms with Gasteiger partial charge in [0.2, 0.25) is 29.5 Å². The van der Waals surface area contributed by atoms with Crippen LogP contribution >= 0.6 is 0 Å². The van der Waals surface area contributed by atoms with Crippen molar-refractivity contribution >= 4 is 117 Å². The number of methoxy groups -OCH3 is 1. The second-order valence-corrected chi connectivity index (χ2v) is 36.1. The van der Waals surface area contributed by atoms with Gasteiger partial charge in [-0.25, -0.2) is 64.2 Å². The van der Waals surface area contributed by atoms with Crippen molar-refractivity contribution in [1.82, 2.24) is 49.8 Å². The normalized spacial score (nSPS) is 12.8. The molecule has 730 valence electrons. The smallest absolute Gasteiger partial charge is 0.357 e. The highest BCUT2D eigenvalue weighted by molar-refractivity contribution is 6.15. The number of carbonyl (C=O) groups excluding carboxylic acids is 10. The van der Waals surface area contributed by atoms with E-state index in [2.05, 4.69) is 41.8 Å². The standard InChI is InChI=1S/C25H25N3O3.C25H25N3O2.C23H21N3O3.C22H19N3O3.C22H19N3O2/c1-4-5-14-31-25(30)22-19-15-21(29)28(20-9-7-6-8-17(20)3)24(19)27-23(26-22)18-12-10-16(2)11-13-18;1-4-5-10-21(29)23-19-15-22(30)28(20-9-7-6-8-17(20)3)25(19)27-24(26-23)18-13-11-16(2)12-14-18;1-4-29-23(28)20-17-13-19(27)26(18-8-6-5-7-15(18)3)22(17)25-21(24-20)16-11-9-14(2)10-12-16;1-13-8-10-15(11-9-13)20-23-19(22(27)28-3)16-12-18(26)25(21(16)24-20)17-7-5-4-6-14(17)2;1-13-8-10-16(11-9-13)21-23-20(15(3)26)17-12-19(27)25(22(17)24-21)18-7-5-4-6-14(18)2/h6-13H,4-5,14-15H2,1-3H3;6-9,11-14H,4-5,10,15H2,1-3H3;5-12H,4,13H2,1-3H3;4-11H,12H2,1-3H3;4-11H,12H2,1-3H3. The van der Waals surface area contributed by atoms with Gasteiger partial charge in [0.25, 0.3) is 0 Å². The molecular formula is C117H109N15O13. The highest BCUT2D eigenvalue weighted by Crippen LogP contribution is 2.46. The molecule has 145 heavy (non-hydrogen) atoms. The van der Waals surface area contributed by atoms with Crippen LogP contribution in [-0.2, 0) is 70.3 Å². The number of fused-ring (bicyclic) bond motifs is 5. The van der Waals surface area contributed by atoms with Gasteiger partial charge in [0.15, 0.2) is 57.8 Å². The van der Waals surface area contributed by atoms with Gasteiger partial charge < -0.3 is 14.2 Å². The maximum Gasteiger partial charge on any atom is 0.357 e. The number of anilines is 10. The van der Waals surface area contributed by atoms with E-state index in [4.69, 9.17) is 29.2 Å². The molecule has 28 nitrogen and oxygen atoms in total. The third-order valence-corrected chi connectivity index (χ3v) is 25.3. The minimum absolute atomic E-state index is 0.0247. The Labute approximate surface area is 841 Å². The Morgan fingerprint density at radius 1 is 0.276 bits per heavy atom. The summed E-state index contributed by atoms with van der Waals surface area (Å²) in [5.41, 5.74) is 22.1. The van der Waals surface area contributed by atoms with Crippen molar-refractivity contribution in [3.63, 3.8) is 0 Å². The van der Waals surface area contributed by atoms with Crippen molar-refractivity contribution in [2.45, 2.75) is 161 Å². The van der Waals surface area contributed by atoms with Crippen LogP contribution in [0.4, 0.5) is 57.5 Å². The molecule has 5 aliphatic rings. The summed E-state index contributed by atoms with van der Waals surface area (Å²) in [7, 11) is 1.30. The van der Waals surface area contributed by atoms with Gasteiger partial charge in [0.1, 0.15) is 40.5 Å². The van der Waals surface area contributed by atoms with Crippen LogP contribution < -0.4 is 24.5 Å². The fourth-order valence-corrected chi connectivity index (χ4v) is 17.5. The minimum atomic E-state index is -0.577. The molecule has 5 aromatic heterocycles. The van der Waals surface area contributed by atoms with Crippen LogP contribution in [0.25, 0.3) is 56.9 Å². The molecule has 10 aromatic carbocycles. The zero-order chi connectivity index (χ0) is 103. The summed E-state index contributed by atoms with van der Waals surface area (Å²) in [5, 5.41) is 0. The first kappa shape index (κ1) is 101. The third-order valence-electron chi connectivity index (χ3n) is 25.3. The van der Waals surface area contributed by atoms with Crippen molar-refractivity contribution in [2.75, 3.05) is 44.8 Å². The van der Waals surface area contributed by atoms with E-state index >= 15 is 0 Å². The summed E-state index contributed by atoms with van der Waals surface area (Å²) in [6.45, 7) is 27.6. The average Bonchev–Trinajstić information content (AvgIpc) is 1.63. The fraction of sp³-hybridized carbons (Fsp3) is 0.231. The molecule has 28 heteroatoms. The van der Waals surface area contributed by atoms with Crippen LogP contribution in [-0.4, -0.2) is 129 Å². The lowest BCUT2D eigenvalue weighted by Gasteiger charge is -2.19. The number of para-hydroxylation sites is 5. The van der Waals surface area contributed by atoms with Crippen LogP contribution in [0.1, 0.15) is 196 Å². The van der Waals surface area contributed by atoms with Gasteiger partial charge in [-0.3, -0.25) is 58.1 Å². The Morgan fingerprint density at radius 2 is 0.503 bits per heavy atom. The lowest BCUT2D eigenvalue weighted by molar-refractivity contribution is -0.117. The first-order valence-electron chi connectivity index (χ1n) is 48.2. The third kappa shape index (κ3) is 21.6. The number of rotatable bonds is 22. The van der Waals surface area contributed by atoms with Crippen LogP contribution in [0.2, 0.25) is 0 Å². The predicted molar refractivity (Wildman–Crippen MR) is 558 cm³/mol. The van der Waals surface area contributed by atoms with Crippen molar-refractivity contribution in [1.29, 1.82) is 0 Å². The Bertz CT molecular complexity index is 7600. The number of benzene rings is 10. The van der Waals surface area contributed by atoms with Gasteiger partial charge >= 0.3 is 17.9 Å². The first-order valence-corrected chi connectivity index (χ1v) is 48.2. The molecule has 5 aliphatic heterocycles. The summed E-state index contributed by atoms with van der Waals surface area (Å²) < 4.78 is 15.6. The SMILES string of the molecule is CC(=O)c1nc(-c2ccc(C)cc2)nc2c1CC(=O)N2c1ccccc1C.CCCCC(=O)c1nc(-c2ccc(C)cc2)nc2c1CC(=O)N2c1ccccc1C.CCCCOC(=O)c1nc(-c2ccc(C)cc2)nc2c1CC(=O)N2c1ccccc1C.CCOC(=O)c1nc(-c2ccc(C)cc2)nc2c1CC(=O)N2c1ccccc1C.COC(=O)c1nc(-c2ccc(C)cc2)nc2c1CC(=O)N2c1ccccc1C. The summed E-state index contributed by atoms with van der Waals surface area (Å²) >= 11 is 0. The largest absolute Gasteiger partial charge is 0.464 e. The Hall–Kier alpha value is -17.3. The molecule has 15 aromatic rings. The number of hydrogen-bond acceptors (Lipinski definition) is 23. The van der Waals surface area contributed by atoms with E-state index in [-0.39, 0.29) is 96.9 Å². The van der Waals surface area contributed by atoms with Crippen molar-refractivity contribution in [3.8, 4) is 56.9 Å². The predicted octanol–water partition coefficient (Wildman–Crippen LogP) is 22.4.